The second kappa shape index (κ2) is 9.71. The molecule has 2 fully saturated rings. The van der Waals surface area contributed by atoms with Crippen LogP contribution in [0.5, 0.6) is 0 Å². The van der Waals surface area contributed by atoms with Crippen LogP contribution in [0.25, 0.3) is 5.69 Å². The number of aryl methyl sites for hydroxylation is 1. The predicted octanol–water partition coefficient (Wildman–Crippen LogP) is 3.52. The molecule has 2 saturated heterocycles. The molecule has 2 atom stereocenters. The molecule has 3 heterocycles. The number of ether oxygens (including phenoxy) is 1. The molecule has 0 radical (unpaired) electrons. The molecular formula is C25H35FN4O2. The van der Waals surface area contributed by atoms with Crippen molar-refractivity contribution in [1.82, 2.24) is 19.6 Å². The highest BCUT2D eigenvalue weighted by Crippen LogP contribution is 2.23. The second-order valence-corrected chi connectivity index (χ2v) is 9.51. The van der Waals surface area contributed by atoms with E-state index in [-0.39, 0.29) is 11.7 Å². The molecule has 2 aliphatic rings. The molecule has 7 heteroatoms. The predicted molar refractivity (Wildman–Crippen MR) is 122 cm³/mol. The van der Waals surface area contributed by atoms with E-state index >= 15 is 0 Å². The van der Waals surface area contributed by atoms with E-state index in [1.807, 2.05) is 18.7 Å². The molecule has 1 amide bonds. The number of benzene rings is 1. The number of hydrogen-bond acceptors (Lipinski definition) is 4. The quantitative estimate of drug-likeness (QED) is 0.711. The van der Waals surface area contributed by atoms with Gasteiger partial charge in [0.1, 0.15) is 5.82 Å². The molecule has 0 N–H and O–H groups in total. The second-order valence-electron chi connectivity index (χ2n) is 9.51. The molecule has 2 unspecified atom stereocenters. The van der Waals surface area contributed by atoms with Crippen LogP contribution in [0.1, 0.15) is 43.6 Å². The molecule has 2 aliphatic heterocycles. The summed E-state index contributed by atoms with van der Waals surface area (Å²) in [5.74, 6) is 0.537. The Labute approximate surface area is 190 Å². The van der Waals surface area contributed by atoms with E-state index in [1.165, 1.54) is 12.1 Å². The summed E-state index contributed by atoms with van der Waals surface area (Å²) in [6, 6.07) is 6.28. The van der Waals surface area contributed by atoms with Gasteiger partial charge in [0.2, 0.25) is 5.91 Å². The fourth-order valence-corrected chi connectivity index (χ4v) is 5.19. The number of amides is 1. The van der Waals surface area contributed by atoms with Crippen molar-refractivity contribution in [3.8, 4) is 5.69 Å². The minimum absolute atomic E-state index is 0.168. The van der Waals surface area contributed by atoms with Gasteiger partial charge in [-0.15, -0.1) is 0 Å². The summed E-state index contributed by atoms with van der Waals surface area (Å²) in [6.07, 6.45) is 3.06. The maximum atomic E-state index is 13.3. The zero-order valence-corrected chi connectivity index (χ0v) is 19.7. The molecule has 2 aromatic rings. The molecule has 0 bridgehead atoms. The summed E-state index contributed by atoms with van der Waals surface area (Å²) >= 11 is 0. The lowest BCUT2D eigenvalue weighted by atomic mass is 9.95. The van der Waals surface area contributed by atoms with E-state index < -0.39 is 0 Å². The summed E-state index contributed by atoms with van der Waals surface area (Å²) in [6.45, 7) is 12.9. The number of halogens is 1. The average Bonchev–Trinajstić information content (AvgIpc) is 3.02. The maximum absolute atomic E-state index is 13.3. The Morgan fingerprint density at radius 2 is 1.72 bits per heavy atom. The number of hydrogen-bond donors (Lipinski definition) is 0. The van der Waals surface area contributed by atoms with Crippen molar-refractivity contribution in [2.75, 3.05) is 32.7 Å². The SMILES string of the molecule is Cc1nn(-c2ccc(F)cc2)c(C)c1CC(=O)N1CCC(CN2CC(C)OC(C)C2)CC1. The first-order valence-electron chi connectivity index (χ1n) is 11.8. The van der Waals surface area contributed by atoms with E-state index in [1.54, 1.807) is 16.8 Å². The average molecular weight is 443 g/mol. The third kappa shape index (κ3) is 5.21. The number of nitrogens with zero attached hydrogens (tertiary/aromatic N) is 4. The van der Waals surface area contributed by atoms with E-state index in [2.05, 4.69) is 23.8 Å². The maximum Gasteiger partial charge on any atom is 0.227 e. The van der Waals surface area contributed by atoms with Gasteiger partial charge in [0.25, 0.3) is 0 Å². The number of rotatable bonds is 5. The minimum Gasteiger partial charge on any atom is -0.373 e. The molecule has 0 saturated carbocycles. The third-order valence-electron chi connectivity index (χ3n) is 6.82. The highest BCUT2D eigenvalue weighted by Gasteiger charge is 2.28. The molecule has 174 valence electrons. The smallest absolute Gasteiger partial charge is 0.227 e. The van der Waals surface area contributed by atoms with Gasteiger partial charge in [-0.3, -0.25) is 9.69 Å². The van der Waals surface area contributed by atoms with Crippen LogP contribution in [0.4, 0.5) is 4.39 Å². The lowest BCUT2D eigenvalue weighted by molar-refractivity contribution is -0.132. The van der Waals surface area contributed by atoms with Crippen molar-refractivity contribution in [1.29, 1.82) is 0 Å². The summed E-state index contributed by atoms with van der Waals surface area (Å²) in [7, 11) is 0. The van der Waals surface area contributed by atoms with Crippen molar-refractivity contribution in [2.24, 2.45) is 5.92 Å². The fourth-order valence-electron chi connectivity index (χ4n) is 5.19. The summed E-state index contributed by atoms with van der Waals surface area (Å²) in [5.41, 5.74) is 3.56. The number of aromatic nitrogens is 2. The fraction of sp³-hybridized carbons (Fsp3) is 0.600. The van der Waals surface area contributed by atoms with Gasteiger partial charge >= 0.3 is 0 Å². The van der Waals surface area contributed by atoms with Gasteiger partial charge in [0.05, 0.1) is 30.0 Å². The molecule has 0 aliphatic carbocycles. The zero-order valence-electron chi connectivity index (χ0n) is 19.7. The van der Waals surface area contributed by atoms with Gasteiger partial charge in [-0.25, -0.2) is 9.07 Å². The Hall–Kier alpha value is -2.25. The number of piperidine rings is 1. The van der Waals surface area contributed by atoms with Crippen molar-refractivity contribution in [3.63, 3.8) is 0 Å². The van der Waals surface area contributed by atoms with Gasteiger partial charge in [-0.1, -0.05) is 0 Å². The first-order valence-corrected chi connectivity index (χ1v) is 11.8. The molecule has 6 nitrogen and oxygen atoms in total. The summed E-state index contributed by atoms with van der Waals surface area (Å²) in [5, 5.41) is 4.61. The topological polar surface area (TPSA) is 50.6 Å². The van der Waals surface area contributed by atoms with E-state index in [0.29, 0.717) is 24.5 Å². The van der Waals surface area contributed by atoms with Crippen molar-refractivity contribution in [3.05, 3.63) is 47.0 Å². The van der Waals surface area contributed by atoms with Crippen LogP contribution in [0, 0.1) is 25.6 Å². The Morgan fingerprint density at radius 3 is 2.34 bits per heavy atom. The molecule has 0 spiro atoms. The van der Waals surface area contributed by atoms with Crippen molar-refractivity contribution < 1.29 is 13.9 Å². The molecule has 1 aromatic carbocycles. The summed E-state index contributed by atoms with van der Waals surface area (Å²) < 4.78 is 20.9. The standard InChI is InChI=1S/C25H35FN4O2/c1-17-14-28(15-18(2)32-17)16-21-9-11-29(12-10-21)25(31)13-24-19(3)27-30(20(24)4)23-7-5-22(26)6-8-23/h5-8,17-18,21H,9-16H2,1-4H3. The molecular weight excluding hydrogens is 407 g/mol. The Kier molecular flexibility index (Phi) is 6.96. The lowest BCUT2D eigenvalue weighted by Gasteiger charge is -2.39. The number of likely N-dealkylation sites (tertiary alicyclic amines) is 1. The van der Waals surface area contributed by atoms with E-state index in [0.717, 1.165) is 68.2 Å². The van der Waals surface area contributed by atoms with Gasteiger partial charge in [-0.05, 0) is 70.7 Å². The Morgan fingerprint density at radius 1 is 1.09 bits per heavy atom. The number of carbonyl (C=O) groups is 1. The van der Waals surface area contributed by atoms with Crippen LogP contribution in [-0.4, -0.2) is 70.4 Å². The Bertz CT molecular complexity index is 924. The lowest BCUT2D eigenvalue weighted by Crippen LogP contribution is -2.48. The normalized spacial score (nSPS) is 23.0. The van der Waals surface area contributed by atoms with E-state index in [9.17, 15) is 9.18 Å². The molecule has 4 rings (SSSR count). The monoisotopic (exact) mass is 442 g/mol. The first-order chi connectivity index (χ1) is 15.3. The largest absolute Gasteiger partial charge is 0.373 e. The molecule has 32 heavy (non-hydrogen) atoms. The first kappa shape index (κ1) is 22.9. The van der Waals surface area contributed by atoms with Crippen LogP contribution in [0.2, 0.25) is 0 Å². The highest BCUT2D eigenvalue weighted by atomic mass is 19.1. The number of carbonyl (C=O) groups excluding carboxylic acids is 1. The van der Waals surface area contributed by atoms with Crippen LogP contribution < -0.4 is 0 Å². The van der Waals surface area contributed by atoms with Gasteiger partial charge < -0.3 is 9.64 Å². The van der Waals surface area contributed by atoms with Crippen molar-refractivity contribution in [2.45, 2.75) is 59.2 Å². The highest BCUT2D eigenvalue weighted by molar-refractivity contribution is 5.79. The van der Waals surface area contributed by atoms with Gasteiger partial charge in [-0.2, -0.15) is 5.10 Å². The minimum atomic E-state index is -0.272. The van der Waals surface area contributed by atoms with Crippen LogP contribution >= 0.6 is 0 Å². The van der Waals surface area contributed by atoms with E-state index in [4.69, 9.17) is 4.74 Å². The third-order valence-corrected chi connectivity index (χ3v) is 6.82. The summed E-state index contributed by atoms with van der Waals surface area (Å²) in [4.78, 5) is 17.6. The van der Waals surface area contributed by atoms with Gasteiger partial charge in [0.15, 0.2) is 0 Å². The van der Waals surface area contributed by atoms with Crippen LogP contribution in [0.15, 0.2) is 24.3 Å². The van der Waals surface area contributed by atoms with Gasteiger partial charge in [0, 0.05) is 44.0 Å². The molecule has 1 aromatic heterocycles. The van der Waals surface area contributed by atoms with Crippen LogP contribution in [-0.2, 0) is 16.0 Å². The zero-order chi connectivity index (χ0) is 22.8. The number of morpholine rings is 1. The Balaban J connectivity index is 1.33. The van der Waals surface area contributed by atoms with Crippen LogP contribution in [0.3, 0.4) is 0 Å². The van der Waals surface area contributed by atoms with Crippen molar-refractivity contribution >= 4 is 5.91 Å².